The number of benzene rings is 1. The Morgan fingerprint density at radius 2 is 1.69 bits per heavy atom. The maximum Gasteiger partial charge on any atom is 0.242 e. The van der Waals surface area contributed by atoms with Crippen LogP contribution in [0.5, 0.6) is 11.5 Å². The number of carbonyl (C=O) groups is 2. The summed E-state index contributed by atoms with van der Waals surface area (Å²) >= 11 is 0. The zero-order chi connectivity index (χ0) is 24.5. The number of furan rings is 1. The summed E-state index contributed by atoms with van der Waals surface area (Å²) in [4.78, 5) is 30.1. The van der Waals surface area contributed by atoms with Crippen molar-refractivity contribution in [1.82, 2.24) is 9.80 Å². The fourth-order valence-corrected chi connectivity index (χ4v) is 4.51. The van der Waals surface area contributed by atoms with Crippen LogP contribution in [0.3, 0.4) is 0 Å². The minimum Gasteiger partial charge on any atom is -0.467 e. The second-order valence-electron chi connectivity index (χ2n) is 9.64. The summed E-state index contributed by atoms with van der Waals surface area (Å²) in [5.41, 5.74) is 0.946. The molecular formula is C28H38N2O5. The molecule has 1 aliphatic heterocycles. The van der Waals surface area contributed by atoms with E-state index >= 15 is 0 Å². The molecule has 1 fully saturated rings. The van der Waals surface area contributed by atoms with Crippen LogP contribution in [-0.2, 0) is 22.7 Å². The van der Waals surface area contributed by atoms with Gasteiger partial charge in [0, 0.05) is 19.0 Å². The lowest BCUT2D eigenvalue weighted by Crippen LogP contribution is -2.43. The SMILES string of the molecule is CCCCCCCCCC(=O)N(CC(=O)N(Cc1ccc2c(c1)OCO2)Cc1ccco1)C1CC1. The van der Waals surface area contributed by atoms with Gasteiger partial charge in [0.2, 0.25) is 18.6 Å². The third kappa shape index (κ3) is 7.51. The lowest BCUT2D eigenvalue weighted by molar-refractivity contribution is -0.142. The molecule has 190 valence electrons. The van der Waals surface area contributed by atoms with Crippen molar-refractivity contribution in [1.29, 1.82) is 0 Å². The average Bonchev–Trinajstić information content (AvgIpc) is 3.35. The smallest absolute Gasteiger partial charge is 0.242 e. The van der Waals surface area contributed by atoms with E-state index in [0.717, 1.165) is 31.2 Å². The Balaban J connectivity index is 1.34. The number of ether oxygens (including phenoxy) is 2. The van der Waals surface area contributed by atoms with E-state index in [1.165, 1.54) is 32.1 Å². The van der Waals surface area contributed by atoms with E-state index in [4.69, 9.17) is 13.9 Å². The summed E-state index contributed by atoms with van der Waals surface area (Å²) in [6, 6.07) is 9.61. The van der Waals surface area contributed by atoms with Crippen molar-refractivity contribution in [3.8, 4) is 11.5 Å². The zero-order valence-electron chi connectivity index (χ0n) is 20.9. The highest BCUT2D eigenvalue weighted by molar-refractivity contribution is 5.85. The maximum atomic E-state index is 13.5. The number of hydrogen-bond acceptors (Lipinski definition) is 5. The molecule has 0 atom stereocenters. The van der Waals surface area contributed by atoms with Gasteiger partial charge in [-0.05, 0) is 49.1 Å². The molecule has 0 N–H and O–H groups in total. The summed E-state index contributed by atoms with van der Waals surface area (Å²) < 4.78 is 16.4. The molecule has 2 aromatic rings. The van der Waals surface area contributed by atoms with Crippen molar-refractivity contribution in [2.75, 3.05) is 13.3 Å². The Labute approximate surface area is 208 Å². The minimum atomic E-state index is -0.0705. The van der Waals surface area contributed by atoms with Gasteiger partial charge in [-0.15, -0.1) is 0 Å². The van der Waals surface area contributed by atoms with Crippen LogP contribution in [0, 0.1) is 0 Å². The minimum absolute atomic E-state index is 0.0705. The second-order valence-corrected chi connectivity index (χ2v) is 9.64. The van der Waals surface area contributed by atoms with E-state index in [9.17, 15) is 9.59 Å². The van der Waals surface area contributed by atoms with Gasteiger partial charge in [-0.2, -0.15) is 0 Å². The van der Waals surface area contributed by atoms with Gasteiger partial charge in [0.25, 0.3) is 0 Å². The van der Waals surface area contributed by atoms with Crippen LogP contribution in [0.25, 0.3) is 0 Å². The summed E-state index contributed by atoms with van der Waals surface area (Å²) in [5.74, 6) is 2.16. The number of unbranched alkanes of at least 4 members (excludes halogenated alkanes) is 6. The highest BCUT2D eigenvalue weighted by Crippen LogP contribution is 2.33. The van der Waals surface area contributed by atoms with Gasteiger partial charge in [0.1, 0.15) is 12.3 Å². The number of amides is 2. The van der Waals surface area contributed by atoms with E-state index in [-0.39, 0.29) is 31.2 Å². The Hall–Kier alpha value is -2.96. The highest BCUT2D eigenvalue weighted by atomic mass is 16.7. The van der Waals surface area contributed by atoms with Crippen LogP contribution in [-0.4, -0.2) is 41.0 Å². The molecule has 2 heterocycles. The molecule has 1 saturated carbocycles. The number of nitrogens with zero attached hydrogens (tertiary/aromatic N) is 2. The van der Waals surface area contributed by atoms with Crippen molar-refractivity contribution in [2.45, 2.75) is 90.3 Å². The van der Waals surface area contributed by atoms with Crippen LogP contribution in [0.4, 0.5) is 0 Å². The number of fused-ring (bicyclic) bond motifs is 1. The molecule has 1 aromatic carbocycles. The van der Waals surface area contributed by atoms with Crippen molar-refractivity contribution in [2.24, 2.45) is 0 Å². The van der Waals surface area contributed by atoms with Gasteiger partial charge in [-0.25, -0.2) is 0 Å². The number of hydrogen-bond donors (Lipinski definition) is 0. The fraction of sp³-hybridized carbons (Fsp3) is 0.571. The van der Waals surface area contributed by atoms with E-state index in [0.29, 0.717) is 36.8 Å². The summed E-state index contributed by atoms with van der Waals surface area (Å²) in [6.45, 7) is 3.30. The van der Waals surface area contributed by atoms with Crippen LogP contribution in [0.15, 0.2) is 41.0 Å². The molecule has 0 spiro atoms. The summed E-state index contributed by atoms with van der Waals surface area (Å²) in [5, 5.41) is 0. The quantitative estimate of drug-likeness (QED) is 0.306. The molecule has 0 radical (unpaired) electrons. The Morgan fingerprint density at radius 3 is 2.43 bits per heavy atom. The molecular weight excluding hydrogens is 444 g/mol. The molecule has 7 nitrogen and oxygen atoms in total. The second kappa shape index (κ2) is 12.7. The molecule has 2 aliphatic rings. The van der Waals surface area contributed by atoms with Crippen LogP contribution in [0.1, 0.15) is 82.5 Å². The number of carbonyl (C=O) groups excluding carboxylic acids is 2. The van der Waals surface area contributed by atoms with E-state index < -0.39 is 0 Å². The first-order valence-corrected chi connectivity index (χ1v) is 13.1. The Bertz CT molecular complexity index is 954. The van der Waals surface area contributed by atoms with E-state index in [1.807, 2.05) is 35.2 Å². The van der Waals surface area contributed by atoms with Gasteiger partial charge in [0.05, 0.1) is 12.8 Å². The first kappa shape index (κ1) is 25.1. The van der Waals surface area contributed by atoms with E-state index in [2.05, 4.69) is 6.92 Å². The van der Waals surface area contributed by atoms with Crippen molar-refractivity contribution >= 4 is 11.8 Å². The third-order valence-corrected chi connectivity index (χ3v) is 6.70. The van der Waals surface area contributed by atoms with Gasteiger partial charge in [-0.1, -0.05) is 51.5 Å². The predicted octanol–water partition coefficient (Wildman–Crippen LogP) is 5.67. The lowest BCUT2D eigenvalue weighted by atomic mass is 10.1. The zero-order valence-corrected chi connectivity index (χ0v) is 20.9. The fourth-order valence-electron chi connectivity index (χ4n) is 4.51. The molecule has 1 aromatic heterocycles. The van der Waals surface area contributed by atoms with Gasteiger partial charge >= 0.3 is 0 Å². The van der Waals surface area contributed by atoms with Crippen LogP contribution >= 0.6 is 0 Å². The molecule has 0 unspecified atom stereocenters. The largest absolute Gasteiger partial charge is 0.467 e. The molecule has 0 bridgehead atoms. The first-order valence-electron chi connectivity index (χ1n) is 13.1. The predicted molar refractivity (Wildman–Crippen MR) is 133 cm³/mol. The Morgan fingerprint density at radius 1 is 0.914 bits per heavy atom. The summed E-state index contributed by atoms with van der Waals surface area (Å²) in [6.07, 6.45) is 12.3. The average molecular weight is 483 g/mol. The molecule has 35 heavy (non-hydrogen) atoms. The standard InChI is InChI=1S/C28H38N2O5/c1-2-3-4-5-6-7-8-11-27(31)30(23-13-14-23)20-28(32)29(19-24-10-9-16-33-24)18-22-12-15-25-26(17-22)35-21-34-25/h9-10,12,15-17,23H,2-8,11,13-14,18-21H2,1H3. The first-order chi connectivity index (χ1) is 17.1. The van der Waals surface area contributed by atoms with Crippen LogP contribution in [0.2, 0.25) is 0 Å². The number of rotatable bonds is 15. The normalized spacial score (nSPS) is 14.2. The molecule has 0 saturated heterocycles. The van der Waals surface area contributed by atoms with Crippen molar-refractivity contribution in [3.05, 3.63) is 47.9 Å². The molecule has 4 rings (SSSR count). The van der Waals surface area contributed by atoms with Crippen molar-refractivity contribution in [3.63, 3.8) is 0 Å². The highest BCUT2D eigenvalue weighted by Gasteiger charge is 2.34. The monoisotopic (exact) mass is 482 g/mol. The molecule has 1 aliphatic carbocycles. The summed E-state index contributed by atoms with van der Waals surface area (Å²) in [7, 11) is 0. The Kier molecular flexibility index (Phi) is 9.09. The molecule has 7 heteroatoms. The van der Waals surface area contributed by atoms with E-state index in [1.54, 1.807) is 11.2 Å². The topological polar surface area (TPSA) is 72.2 Å². The molecule has 2 amide bonds. The van der Waals surface area contributed by atoms with Crippen molar-refractivity contribution < 1.29 is 23.5 Å². The maximum absolute atomic E-state index is 13.5. The van der Waals surface area contributed by atoms with Crippen LogP contribution < -0.4 is 9.47 Å². The van der Waals surface area contributed by atoms with Gasteiger partial charge in [0.15, 0.2) is 11.5 Å². The van der Waals surface area contributed by atoms with Gasteiger partial charge < -0.3 is 23.7 Å². The van der Waals surface area contributed by atoms with Gasteiger partial charge in [-0.3, -0.25) is 9.59 Å². The lowest BCUT2D eigenvalue weighted by Gasteiger charge is -2.27. The third-order valence-electron chi connectivity index (χ3n) is 6.70.